The first-order chi connectivity index (χ1) is 10.0. The number of nitrogens with one attached hydrogen (secondary N) is 1. The van der Waals surface area contributed by atoms with Crippen molar-refractivity contribution in [2.75, 3.05) is 32.0 Å². The van der Waals surface area contributed by atoms with Gasteiger partial charge >= 0.3 is 0 Å². The number of likely N-dealkylation sites (N-methyl/N-ethyl adjacent to an activating group) is 1. The van der Waals surface area contributed by atoms with Gasteiger partial charge < -0.3 is 20.7 Å². The van der Waals surface area contributed by atoms with E-state index in [1.54, 1.807) is 23.1 Å². The quantitative estimate of drug-likeness (QED) is 0.741. The largest absolute Gasteiger partial charge is 0.493 e. The highest BCUT2D eigenvalue weighted by atomic mass is 16.5. The Kier molecular flexibility index (Phi) is 6.52. The molecular weight excluding hydrogens is 270 g/mol. The van der Waals surface area contributed by atoms with Gasteiger partial charge in [-0.15, -0.1) is 0 Å². The van der Waals surface area contributed by atoms with Gasteiger partial charge in [0.25, 0.3) is 5.91 Å². The predicted octanol–water partition coefficient (Wildman–Crippen LogP) is 1.27. The van der Waals surface area contributed by atoms with Crippen molar-refractivity contribution >= 4 is 17.5 Å². The van der Waals surface area contributed by atoms with Crippen molar-refractivity contribution in [1.82, 2.24) is 10.2 Å². The van der Waals surface area contributed by atoms with E-state index in [0.717, 1.165) is 0 Å². The molecular formula is C15H23N3O3. The van der Waals surface area contributed by atoms with Crippen molar-refractivity contribution in [2.45, 2.75) is 20.8 Å². The summed E-state index contributed by atoms with van der Waals surface area (Å²) in [6.45, 7) is 7.22. The standard InChI is InChI=1S/C15H23N3O3/c1-4-18(5-2)13(19)10-17-15(20)14-11(16)8-7-9-12(14)21-6-3/h7-9H,4-6,10,16H2,1-3H3,(H,17,20). The van der Waals surface area contributed by atoms with E-state index in [0.29, 0.717) is 31.1 Å². The molecule has 0 spiro atoms. The molecule has 0 bridgehead atoms. The highest BCUT2D eigenvalue weighted by molar-refractivity contribution is 6.03. The van der Waals surface area contributed by atoms with Crippen molar-refractivity contribution in [1.29, 1.82) is 0 Å². The fraction of sp³-hybridized carbons (Fsp3) is 0.467. The molecule has 0 fully saturated rings. The van der Waals surface area contributed by atoms with Gasteiger partial charge in [0.2, 0.25) is 5.91 Å². The van der Waals surface area contributed by atoms with Crippen molar-refractivity contribution in [3.05, 3.63) is 23.8 Å². The number of benzene rings is 1. The number of nitrogens with zero attached hydrogens (tertiary/aromatic N) is 1. The molecule has 6 heteroatoms. The van der Waals surface area contributed by atoms with Crippen molar-refractivity contribution in [3.63, 3.8) is 0 Å². The maximum atomic E-state index is 12.2. The number of nitrogens with two attached hydrogens (primary N) is 1. The second-order valence-electron chi connectivity index (χ2n) is 4.40. The summed E-state index contributed by atoms with van der Waals surface area (Å²) >= 11 is 0. The molecule has 21 heavy (non-hydrogen) atoms. The van der Waals surface area contributed by atoms with Gasteiger partial charge in [-0.25, -0.2) is 0 Å². The molecule has 0 aliphatic heterocycles. The zero-order valence-corrected chi connectivity index (χ0v) is 12.8. The second-order valence-corrected chi connectivity index (χ2v) is 4.40. The molecule has 0 saturated carbocycles. The maximum absolute atomic E-state index is 12.2. The molecule has 1 rings (SSSR count). The van der Waals surface area contributed by atoms with Gasteiger partial charge in [0.1, 0.15) is 11.3 Å². The minimum Gasteiger partial charge on any atom is -0.493 e. The highest BCUT2D eigenvalue weighted by Gasteiger charge is 2.18. The number of ether oxygens (including phenoxy) is 1. The van der Waals surface area contributed by atoms with Crippen LogP contribution < -0.4 is 15.8 Å². The number of hydrogen-bond acceptors (Lipinski definition) is 4. The second kappa shape index (κ2) is 8.14. The van der Waals surface area contributed by atoms with Crippen LogP contribution in [0.25, 0.3) is 0 Å². The molecule has 0 unspecified atom stereocenters. The number of amides is 2. The van der Waals surface area contributed by atoms with Crippen LogP contribution in [0.5, 0.6) is 5.75 Å². The zero-order valence-electron chi connectivity index (χ0n) is 12.8. The van der Waals surface area contributed by atoms with Crippen LogP contribution in [0.4, 0.5) is 5.69 Å². The van der Waals surface area contributed by atoms with E-state index in [2.05, 4.69) is 5.32 Å². The Morgan fingerprint density at radius 1 is 1.24 bits per heavy atom. The van der Waals surface area contributed by atoms with Crippen molar-refractivity contribution in [3.8, 4) is 5.75 Å². The first kappa shape index (κ1) is 16.8. The van der Waals surface area contributed by atoms with Crippen LogP contribution >= 0.6 is 0 Å². The average molecular weight is 293 g/mol. The average Bonchev–Trinajstić information content (AvgIpc) is 2.46. The molecule has 0 saturated heterocycles. The summed E-state index contributed by atoms with van der Waals surface area (Å²) < 4.78 is 5.40. The van der Waals surface area contributed by atoms with Gasteiger partial charge in [0.15, 0.2) is 0 Å². The maximum Gasteiger partial charge on any atom is 0.257 e. The van der Waals surface area contributed by atoms with Gasteiger partial charge in [-0.2, -0.15) is 0 Å². The van der Waals surface area contributed by atoms with E-state index in [1.165, 1.54) is 0 Å². The van der Waals surface area contributed by atoms with Crippen molar-refractivity contribution in [2.24, 2.45) is 0 Å². The summed E-state index contributed by atoms with van der Waals surface area (Å²) in [4.78, 5) is 25.8. The molecule has 6 nitrogen and oxygen atoms in total. The molecule has 0 aliphatic rings. The van der Waals surface area contributed by atoms with Crippen LogP contribution in [0.1, 0.15) is 31.1 Å². The lowest BCUT2D eigenvalue weighted by Crippen LogP contribution is -2.40. The molecule has 3 N–H and O–H groups in total. The number of nitrogen functional groups attached to an aromatic ring is 1. The number of anilines is 1. The summed E-state index contributed by atoms with van der Waals surface area (Å²) in [5.74, 6) is -0.108. The van der Waals surface area contributed by atoms with E-state index in [4.69, 9.17) is 10.5 Å². The zero-order chi connectivity index (χ0) is 15.8. The summed E-state index contributed by atoms with van der Waals surface area (Å²) in [7, 11) is 0. The third kappa shape index (κ3) is 4.37. The van der Waals surface area contributed by atoms with Gasteiger partial charge in [-0.1, -0.05) is 6.07 Å². The van der Waals surface area contributed by atoms with E-state index < -0.39 is 5.91 Å². The minimum absolute atomic E-state index is 0.0551. The summed E-state index contributed by atoms with van der Waals surface area (Å²) in [5, 5.41) is 2.60. The molecule has 116 valence electrons. The first-order valence-corrected chi connectivity index (χ1v) is 7.12. The van der Waals surface area contributed by atoms with Crippen LogP contribution in [0.15, 0.2) is 18.2 Å². The monoisotopic (exact) mass is 293 g/mol. The summed E-state index contributed by atoms with van der Waals surface area (Å²) in [5.41, 5.74) is 6.43. The molecule has 0 heterocycles. The van der Waals surface area contributed by atoms with Gasteiger partial charge in [0.05, 0.1) is 13.2 Å². The third-order valence-corrected chi connectivity index (χ3v) is 3.10. The summed E-state index contributed by atoms with van der Waals surface area (Å²) in [6, 6.07) is 5.03. The lowest BCUT2D eigenvalue weighted by atomic mass is 10.1. The number of rotatable bonds is 7. The van der Waals surface area contributed by atoms with Gasteiger partial charge in [-0.05, 0) is 32.9 Å². The molecule has 0 aliphatic carbocycles. The Morgan fingerprint density at radius 3 is 2.48 bits per heavy atom. The van der Waals surface area contributed by atoms with Crippen LogP contribution in [-0.4, -0.2) is 43.0 Å². The van der Waals surface area contributed by atoms with Crippen LogP contribution in [0.2, 0.25) is 0 Å². The van der Waals surface area contributed by atoms with Crippen LogP contribution in [0.3, 0.4) is 0 Å². The van der Waals surface area contributed by atoms with Crippen molar-refractivity contribution < 1.29 is 14.3 Å². The Morgan fingerprint density at radius 2 is 1.90 bits per heavy atom. The number of hydrogen-bond donors (Lipinski definition) is 2. The van der Waals surface area contributed by atoms with Gasteiger partial charge in [-0.3, -0.25) is 9.59 Å². The van der Waals surface area contributed by atoms with Crippen LogP contribution in [-0.2, 0) is 4.79 Å². The summed E-state index contributed by atoms with van der Waals surface area (Å²) in [6.07, 6.45) is 0. The lowest BCUT2D eigenvalue weighted by molar-refractivity contribution is -0.129. The highest BCUT2D eigenvalue weighted by Crippen LogP contribution is 2.24. The van der Waals surface area contributed by atoms with E-state index >= 15 is 0 Å². The van der Waals surface area contributed by atoms with E-state index in [9.17, 15) is 9.59 Å². The molecule has 0 atom stereocenters. The van der Waals surface area contributed by atoms with Gasteiger partial charge in [0, 0.05) is 18.8 Å². The fourth-order valence-electron chi connectivity index (χ4n) is 2.00. The first-order valence-electron chi connectivity index (χ1n) is 7.12. The molecule has 1 aromatic carbocycles. The number of carbonyl (C=O) groups is 2. The predicted molar refractivity (Wildman–Crippen MR) is 82.3 cm³/mol. The molecule has 1 aromatic rings. The SMILES string of the molecule is CCOc1cccc(N)c1C(=O)NCC(=O)N(CC)CC. The Balaban J connectivity index is 2.78. The Labute approximate surface area is 125 Å². The van der Waals surface area contributed by atoms with Crippen LogP contribution in [0, 0.1) is 0 Å². The Hall–Kier alpha value is -2.24. The number of carbonyl (C=O) groups excluding carboxylic acids is 2. The normalized spacial score (nSPS) is 10.0. The smallest absolute Gasteiger partial charge is 0.257 e. The molecule has 2 amide bonds. The van der Waals surface area contributed by atoms with E-state index in [-0.39, 0.29) is 18.0 Å². The molecule has 0 radical (unpaired) electrons. The third-order valence-electron chi connectivity index (χ3n) is 3.10. The van der Waals surface area contributed by atoms with E-state index in [1.807, 2.05) is 20.8 Å². The fourth-order valence-corrected chi connectivity index (χ4v) is 2.00. The lowest BCUT2D eigenvalue weighted by Gasteiger charge is -2.19. The molecule has 0 aromatic heterocycles. The minimum atomic E-state index is -0.406. The topological polar surface area (TPSA) is 84.7 Å². The Bertz CT molecular complexity index is 499.